The summed E-state index contributed by atoms with van der Waals surface area (Å²) in [7, 11) is 0. The van der Waals surface area contributed by atoms with Crippen LogP contribution >= 0.6 is 0 Å². The number of aryl methyl sites for hydroxylation is 1. The molecule has 0 saturated heterocycles. The van der Waals surface area contributed by atoms with Crippen molar-refractivity contribution in [2.45, 2.75) is 58.3 Å². The quantitative estimate of drug-likeness (QED) is 0.756. The Morgan fingerprint density at radius 1 is 1.24 bits per heavy atom. The normalized spacial score (nSPS) is 13.6. The van der Waals surface area contributed by atoms with Gasteiger partial charge in [-0.05, 0) is 56.1 Å². The van der Waals surface area contributed by atoms with Crippen molar-refractivity contribution >= 4 is 5.82 Å². The van der Waals surface area contributed by atoms with Gasteiger partial charge in [0.2, 0.25) is 0 Å². The maximum Gasteiger partial charge on any atom is 0.144 e. The molecule has 2 rings (SSSR count). The van der Waals surface area contributed by atoms with Crippen molar-refractivity contribution in [2.24, 2.45) is 0 Å². The molecule has 4 heteroatoms. The third-order valence-corrected chi connectivity index (χ3v) is 4.11. The van der Waals surface area contributed by atoms with Gasteiger partial charge in [0, 0.05) is 18.8 Å². The predicted octanol–water partition coefficient (Wildman–Crippen LogP) is 2.97. The summed E-state index contributed by atoms with van der Waals surface area (Å²) >= 11 is 0. The fourth-order valence-electron chi connectivity index (χ4n) is 2.99. The average Bonchev–Trinajstić information content (AvgIpc) is 2.52. The van der Waals surface area contributed by atoms with Crippen LogP contribution < -0.4 is 5.32 Å². The first-order chi connectivity index (χ1) is 10.3. The molecule has 0 spiro atoms. The van der Waals surface area contributed by atoms with Crippen LogP contribution in [0.4, 0.5) is 5.82 Å². The number of fused-ring (bicyclic) bond motifs is 1. The molecule has 0 aliphatic heterocycles. The molecule has 1 aromatic heterocycles. The van der Waals surface area contributed by atoms with Gasteiger partial charge in [-0.2, -0.15) is 5.26 Å². The summed E-state index contributed by atoms with van der Waals surface area (Å²) in [6.45, 7) is 3.00. The van der Waals surface area contributed by atoms with Crippen molar-refractivity contribution in [3.63, 3.8) is 0 Å². The summed E-state index contributed by atoms with van der Waals surface area (Å²) in [6, 6.07) is 2.35. The summed E-state index contributed by atoms with van der Waals surface area (Å²) < 4.78 is 0. The molecular weight excluding hydrogens is 262 g/mol. The minimum Gasteiger partial charge on any atom is -0.396 e. The van der Waals surface area contributed by atoms with Gasteiger partial charge in [-0.3, -0.25) is 0 Å². The number of rotatable bonds is 7. The van der Waals surface area contributed by atoms with Crippen LogP contribution in [-0.4, -0.2) is 23.2 Å². The Balaban J connectivity index is 2.36. The van der Waals surface area contributed by atoms with Crippen molar-refractivity contribution < 1.29 is 5.11 Å². The lowest BCUT2D eigenvalue weighted by Crippen LogP contribution is -2.16. The first-order valence-electron chi connectivity index (χ1n) is 8.11. The number of nitriles is 1. The maximum atomic E-state index is 9.52. The Morgan fingerprint density at radius 2 is 2.00 bits per heavy atom. The number of anilines is 1. The van der Waals surface area contributed by atoms with E-state index in [2.05, 4.69) is 18.3 Å². The maximum absolute atomic E-state index is 9.52. The van der Waals surface area contributed by atoms with Crippen molar-refractivity contribution in [1.29, 1.82) is 5.26 Å². The number of aromatic nitrogens is 1. The highest BCUT2D eigenvalue weighted by Gasteiger charge is 2.21. The Labute approximate surface area is 127 Å². The second-order valence-electron chi connectivity index (χ2n) is 5.67. The fourth-order valence-corrected chi connectivity index (χ4v) is 2.99. The van der Waals surface area contributed by atoms with Crippen molar-refractivity contribution in [2.75, 3.05) is 18.5 Å². The molecule has 1 aliphatic rings. The van der Waals surface area contributed by atoms with Crippen LogP contribution in [0.2, 0.25) is 0 Å². The van der Waals surface area contributed by atoms with Crippen LogP contribution in [0.1, 0.15) is 61.4 Å². The van der Waals surface area contributed by atoms with Gasteiger partial charge in [-0.25, -0.2) is 4.98 Å². The van der Waals surface area contributed by atoms with Crippen LogP contribution in [-0.2, 0) is 19.3 Å². The van der Waals surface area contributed by atoms with E-state index >= 15 is 0 Å². The molecule has 1 aromatic rings. The Morgan fingerprint density at radius 3 is 2.67 bits per heavy atom. The Hall–Kier alpha value is -1.60. The number of hydrogen-bond donors (Lipinski definition) is 2. The number of pyridine rings is 1. The number of nitrogens with one attached hydrogen (secondary N) is 1. The van der Waals surface area contributed by atoms with Crippen LogP contribution in [0.15, 0.2) is 0 Å². The van der Waals surface area contributed by atoms with E-state index in [-0.39, 0.29) is 6.61 Å². The van der Waals surface area contributed by atoms with E-state index in [1.807, 2.05) is 0 Å². The molecule has 0 aromatic carbocycles. The van der Waals surface area contributed by atoms with Gasteiger partial charge in [0.25, 0.3) is 0 Å². The van der Waals surface area contributed by atoms with E-state index < -0.39 is 0 Å². The lowest BCUT2D eigenvalue weighted by Gasteiger charge is -2.22. The first-order valence-corrected chi connectivity index (χ1v) is 8.11. The topological polar surface area (TPSA) is 68.9 Å². The Kier molecular flexibility index (Phi) is 6.01. The zero-order valence-electron chi connectivity index (χ0n) is 12.9. The van der Waals surface area contributed by atoms with E-state index in [1.54, 1.807) is 0 Å². The average molecular weight is 287 g/mol. The monoisotopic (exact) mass is 287 g/mol. The molecule has 1 heterocycles. The Bertz CT molecular complexity index is 520. The van der Waals surface area contributed by atoms with Crippen LogP contribution in [0.3, 0.4) is 0 Å². The van der Waals surface area contributed by atoms with E-state index in [1.165, 1.54) is 23.2 Å². The van der Waals surface area contributed by atoms with Crippen LogP contribution in [0.25, 0.3) is 0 Å². The van der Waals surface area contributed by atoms with Crippen LogP contribution in [0, 0.1) is 11.3 Å². The van der Waals surface area contributed by atoms with E-state index in [0.717, 1.165) is 49.9 Å². The number of unbranched alkanes of at least 4 members (excludes halogenated alkanes) is 1. The smallest absolute Gasteiger partial charge is 0.144 e. The molecule has 0 atom stereocenters. The molecule has 21 heavy (non-hydrogen) atoms. The van der Waals surface area contributed by atoms with Crippen molar-refractivity contribution in [3.05, 3.63) is 22.4 Å². The second-order valence-corrected chi connectivity index (χ2v) is 5.67. The van der Waals surface area contributed by atoms with Gasteiger partial charge in [0.05, 0.1) is 5.56 Å². The van der Waals surface area contributed by atoms with E-state index in [9.17, 15) is 5.26 Å². The largest absolute Gasteiger partial charge is 0.396 e. The molecule has 1 aliphatic carbocycles. The lowest BCUT2D eigenvalue weighted by molar-refractivity contribution is 0.292. The molecule has 114 valence electrons. The summed E-state index contributed by atoms with van der Waals surface area (Å²) in [5.74, 6) is 0.720. The SMILES string of the molecule is CCCCc1nc(NCCCO)c(C#N)c2c1CCCC2. The summed E-state index contributed by atoms with van der Waals surface area (Å²) in [5.41, 5.74) is 4.45. The van der Waals surface area contributed by atoms with Crippen LogP contribution in [0.5, 0.6) is 0 Å². The molecule has 4 nitrogen and oxygen atoms in total. The third kappa shape index (κ3) is 3.74. The highest BCUT2D eigenvalue weighted by atomic mass is 16.3. The molecule has 0 unspecified atom stereocenters. The third-order valence-electron chi connectivity index (χ3n) is 4.11. The highest BCUT2D eigenvalue weighted by molar-refractivity contribution is 5.60. The summed E-state index contributed by atoms with van der Waals surface area (Å²) in [4.78, 5) is 4.75. The van der Waals surface area contributed by atoms with Gasteiger partial charge < -0.3 is 10.4 Å². The number of aliphatic hydroxyl groups is 1. The molecule has 0 radical (unpaired) electrons. The lowest BCUT2D eigenvalue weighted by atomic mass is 9.86. The number of hydrogen-bond acceptors (Lipinski definition) is 4. The number of aliphatic hydroxyl groups excluding tert-OH is 1. The molecule has 0 bridgehead atoms. The van der Waals surface area contributed by atoms with E-state index in [0.29, 0.717) is 13.0 Å². The van der Waals surface area contributed by atoms with E-state index in [4.69, 9.17) is 10.1 Å². The summed E-state index contributed by atoms with van der Waals surface area (Å²) in [5, 5.41) is 21.7. The van der Waals surface area contributed by atoms with Gasteiger partial charge in [0.1, 0.15) is 11.9 Å². The highest BCUT2D eigenvalue weighted by Crippen LogP contribution is 2.31. The fraction of sp³-hybridized carbons (Fsp3) is 0.647. The van der Waals surface area contributed by atoms with Crippen molar-refractivity contribution in [3.8, 4) is 6.07 Å². The predicted molar refractivity (Wildman–Crippen MR) is 84.4 cm³/mol. The molecular formula is C17H25N3O. The molecule has 0 saturated carbocycles. The molecule has 0 amide bonds. The number of nitrogens with zero attached hydrogens (tertiary/aromatic N) is 2. The zero-order chi connectivity index (χ0) is 15.1. The zero-order valence-corrected chi connectivity index (χ0v) is 12.9. The van der Waals surface area contributed by atoms with Gasteiger partial charge >= 0.3 is 0 Å². The minimum absolute atomic E-state index is 0.155. The molecule has 0 fully saturated rings. The minimum atomic E-state index is 0.155. The van der Waals surface area contributed by atoms with Gasteiger partial charge in [-0.15, -0.1) is 0 Å². The second kappa shape index (κ2) is 7.99. The standard InChI is InChI=1S/C17H25N3O/c1-2-3-9-16-14-8-5-4-7-13(14)15(12-18)17(20-16)19-10-6-11-21/h21H,2-11H2,1H3,(H,19,20). The van der Waals surface area contributed by atoms with Crippen molar-refractivity contribution in [1.82, 2.24) is 4.98 Å². The molecule has 2 N–H and O–H groups in total. The first kappa shape index (κ1) is 15.8. The van der Waals surface area contributed by atoms with Gasteiger partial charge in [-0.1, -0.05) is 13.3 Å². The van der Waals surface area contributed by atoms with Gasteiger partial charge in [0.15, 0.2) is 0 Å². The summed E-state index contributed by atoms with van der Waals surface area (Å²) in [6.07, 6.45) is 8.39.